The second kappa shape index (κ2) is 5.04. The number of hydrogen-bond acceptors (Lipinski definition) is 3. The average molecular weight is 244 g/mol. The lowest BCUT2D eigenvalue weighted by Crippen LogP contribution is -2.22. The standard InChI is InChI=1S/C14H16N2O2/c1-4-18-11(3)13-10(2)15-16(14(13)17)12-8-6-5-7-9-12/h5-9H,4H2,1-3H3/b13-11-. The van der Waals surface area contributed by atoms with E-state index in [9.17, 15) is 4.79 Å². The van der Waals surface area contributed by atoms with Gasteiger partial charge in [0.2, 0.25) is 0 Å². The summed E-state index contributed by atoms with van der Waals surface area (Å²) in [4.78, 5) is 12.3. The highest BCUT2D eigenvalue weighted by Gasteiger charge is 2.31. The molecule has 1 aromatic rings. The van der Waals surface area contributed by atoms with E-state index in [0.717, 1.165) is 5.69 Å². The Labute approximate surface area is 107 Å². The van der Waals surface area contributed by atoms with Crippen LogP contribution in [0.4, 0.5) is 5.69 Å². The van der Waals surface area contributed by atoms with Gasteiger partial charge in [0.25, 0.3) is 5.91 Å². The van der Waals surface area contributed by atoms with Crippen LogP contribution in [0.3, 0.4) is 0 Å². The van der Waals surface area contributed by atoms with E-state index in [-0.39, 0.29) is 5.91 Å². The minimum Gasteiger partial charge on any atom is -0.498 e. The molecule has 0 saturated heterocycles. The maximum absolute atomic E-state index is 12.3. The Morgan fingerprint density at radius 2 is 2.00 bits per heavy atom. The van der Waals surface area contributed by atoms with Gasteiger partial charge in [-0.25, -0.2) is 0 Å². The molecular formula is C14H16N2O2. The maximum Gasteiger partial charge on any atom is 0.284 e. The first-order valence-corrected chi connectivity index (χ1v) is 5.94. The minimum absolute atomic E-state index is 0.135. The molecule has 0 spiro atoms. The maximum atomic E-state index is 12.3. The zero-order valence-electron chi connectivity index (χ0n) is 10.8. The monoisotopic (exact) mass is 244 g/mol. The molecule has 0 aromatic heterocycles. The molecule has 4 nitrogen and oxygen atoms in total. The number of carbonyl (C=O) groups is 1. The Bertz CT molecular complexity index is 518. The number of hydrogen-bond donors (Lipinski definition) is 0. The van der Waals surface area contributed by atoms with Crippen LogP contribution >= 0.6 is 0 Å². The molecule has 0 saturated carbocycles. The van der Waals surface area contributed by atoms with Crippen molar-refractivity contribution in [3.63, 3.8) is 0 Å². The van der Waals surface area contributed by atoms with Gasteiger partial charge >= 0.3 is 0 Å². The van der Waals surface area contributed by atoms with Crippen molar-refractivity contribution < 1.29 is 9.53 Å². The van der Waals surface area contributed by atoms with Gasteiger partial charge in [0.05, 0.1) is 18.0 Å². The molecule has 0 unspecified atom stereocenters. The van der Waals surface area contributed by atoms with Crippen LogP contribution in [-0.4, -0.2) is 18.2 Å². The van der Waals surface area contributed by atoms with Crippen molar-refractivity contribution in [1.29, 1.82) is 0 Å². The summed E-state index contributed by atoms with van der Waals surface area (Å²) in [7, 11) is 0. The molecule has 1 aromatic carbocycles. The number of hydrazone groups is 1. The Morgan fingerprint density at radius 3 is 2.61 bits per heavy atom. The summed E-state index contributed by atoms with van der Waals surface area (Å²) in [5, 5.41) is 5.70. The van der Waals surface area contributed by atoms with E-state index >= 15 is 0 Å². The van der Waals surface area contributed by atoms with E-state index in [1.54, 1.807) is 6.92 Å². The van der Waals surface area contributed by atoms with Gasteiger partial charge in [0, 0.05) is 0 Å². The molecule has 94 valence electrons. The second-order valence-electron chi connectivity index (χ2n) is 4.00. The number of ether oxygens (including phenoxy) is 1. The number of nitrogens with zero attached hydrogens (tertiary/aromatic N) is 2. The zero-order valence-corrected chi connectivity index (χ0v) is 10.8. The summed E-state index contributed by atoms with van der Waals surface area (Å²) in [6, 6.07) is 9.37. The molecule has 1 amide bonds. The SMILES string of the molecule is CCO/C(C)=C1\C(=O)N(c2ccccc2)N=C1C. The summed E-state index contributed by atoms with van der Waals surface area (Å²) in [5.74, 6) is 0.492. The van der Waals surface area contributed by atoms with E-state index in [4.69, 9.17) is 4.74 Å². The fourth-order valence-electron chi connectivity index (χ4n) is 1.94. The predicted molar refractivity (Wildman–Crippen MR) is 71.4 cm³/mol. The number of rotatable bonds is 3. The lowest BCUT2D eigenvalue weighted by molar-refractivity contribution is -0.114. The molecule has 0 N–H and O–H groups in total. The van der Waals surface area contributed by atoms with Crippen LogP contribution in [0.1, 0.15) is 20.8 Å². The highest BCUT2D eigenvalue weighted by atomic mass is 16.5. The Balaban J connectivity index is 2.36. The first kappa shape index (κ1) is 12.4. The highest BCUT2D eigenvalue weighted by molar-refractivity contribution is 6.30. The van der Waals surface area contributed by atoms with Crippen molar-refractivity contribution in [2.45, 2.75) is 20.8 Å². The number of para-hydroxylation sites is 1. The van der Waals surface area contributed by atoms with E-state index < -0.39 is 0 Å². The molecular weight excluding hydrogens is 228 g/mol. The lowest BCUT2D eigenvalue weighted by atomic mass is 10.1. The highest BCUT2D eigenvalue weighted by Crippen LogP contribution is 2.25. The van der Waals surface area contributed by atoms with Crippen molar-refractivity contribution in [3.05, 3.63) is 41.7 Å². The molecule has 0 bridgehead atoms. The number of benzene rings is 1. The summed E-state index contributed by atoms with van der Waals surface area (Å²) in [5.41, 5.74) is 2.01. The van der Waals surface area contributed by atoms with Gasteiger partial charge in [-0.3, -0.25) is 4.79 Å². The molecule has 0 aliphatic carbocycles. The summed E-state index contributed by atoms with van der Waals surface area (Å²) in [6.07, 6.45) is 0. The first-order valence-electron chi connectivity index (χ1n) is 5.94. The molecule has 1 aliphatic rings. The van der Waals surface area contributed by atoms with Crippen LogP contribution < -0.4 is 5.01 Å². The van der Waals surface area contributed by atoms with Gasteiger partial charge in [-0.15, -0.1) is 0 Å². The minimum atomic E-state index is -0.135. The second-order valence-corrected chi connectivity index (χ2v) is 4.00. The van der Waals surface area contributed by atoms with Gasteiger partial charge in [-0.1, -0.05) is 18.2 Å². The van der Waals surface area contributed by atoms with Crippen LogP contribution in [0.15, 0.2) is 46.8 Å². The molecule has 2 rings (SSSR count). The largest absolute Gasteiger partial charge is 0.498 e. The quantitative estimate of drug-likeness (QED) is 0.606. The molecule has 0 fully saturated rings. The molecule has 1 aliphatic heterocycles. The third-order valence-electron chi connectivity index (χ3n) is 2.73. The first-order chi connectivity index (χ1) is 8.65. The fraction of sp³-hybridized carbons (Fsp3) is 0.286. The van der Waals surface area contributed by atoms with E-state index in [2.05, 4.69) is 5.10 Å². The summed E-state index contributed by atoms with van der Waals surface area (Å²) < 4.78 is 5.40. The topological polar surface area (TPSA) is 41.9 Å². The van der Waals surface area contributed by atoms with Gasteiger partial charge in [0.15, 0.2) is 0 Å². The van der Waals surface area contributed by atoms with Gasteiger partial charge < -0.3 is 4.74 Å². The Hall–Kier alpha value is -2.10. The van der Waals surface area contributed by atoms with Crippen molar-refractivity contribution in [2.75, 3.05) is 11.6 Å². The summed E-state index contributed by atoms with van der Waals surface area (Å²) in [6.45, 7) is 6.05. The normalized spacial score (nSPS) is 17.8. The Kier molecular flexibility index (Phi) is 3.46. The third-order valence-corrected chi connectivity index (χ3v) is 2.73. The van der Waals surface area contributed by atoms with E-state index in [1.165, 1.54) is 5.01 Å². The number of carbonyl (C=O) groups excluding carboxylic acids is 1. The van der Waals surface area contributed by atoms with Crippen LogP contribution in [-0.2, 0) is 9.53 Å². The third kappa shape index (κ3) is 2.14. The van der Waals surface area contributed by atoms with Crippen LogP contribution in [0, 0.1) is 0 Å². The number of amides is 1. The van der Waals surface area contributed by atoms with Gasteiger partial charge in [-0.2, -0.15) is 10.1 Å². The van der Waals surface area contributed by atoms with Crippen molar-refractivity contribution in [2.24, 2.45) is 5.10 Å². The fourth-order valence-corrected chi connectivity index (χ4v) is 1.94. The molecule has 1 heterocycles. The summed E-state index contributed by atoms with van der Waals surface area (Å²) >= 11 is 0. The predicted octanol–water partition coefficient (Wildman–Crippen LogP) is 2.72. The van der Waals surface area contributed by atoms with E-state index in [0.29, 0.717) is 23.7 Å². The Morgan fingerprint density at radius 1 is 1.33 bits per heavy atom. The molecule has 0 atom stereocenters. The van der Waals surface area contributed by atoms with Crippen LogP contribution in [0.2, 0.25) is 0 Å². The zero-order chi connectivity index (χ0) is 13.1. The molecule has 18 heavy (non-hydrogen) atoms. The molecule has 4 heteroatoms. The van der Waals surface area contributed by atoms with E-state index in [1.807, 2.05) is 44.2 Å². The van der Waals surface area contributed by atoms with Crippen LogP contribution in [0.25, 0.3) is 0 Å². The van der Waals surface area contributed by atoms with Crippen molar-refractivity contribution in [1.82, 2.24) is 0 Å². The lowest BCUT2D eigenvalue weighted by Gasteiger charge is -2.12. The van der Waals surface area contributed by atoms with Crippen molar-refractivity contribution >= 4 is 17.3 Å². The van der Waals surface area contributed by atoms with Gasteiger partial charge in [-0.05, 0) is 32.9 Å². The number of allylic oxidation sites excluding steroid dienone is 1. The van der Waals surface area contributed by atoms with Crippen molar-refractivity contribution in [3.8, 4) is 0 Å². The van der Waals surface area contributed by atoms with Crippen LogP contribution in [0.5, 0.6) is 0 Å². The molecule has 0 radical (unpaired) electrons. The smallest absolute Gasteiger partial charge is 0.284 e. The number of anilines is 1. The van der Waals surface area contributed by atoms with Gasteiger partial charge in [0.1, 0.15) is 11.3 Å². The average Bonchev–Trinajstić information content (AvgIpc) is 2.66.